The predicted octanol–water partition coefficient (Wildman–Crippen LogP) is 5.44. The molecule has 0 aliphatic heterocycles. The monoisotopic (exact) mass is 543 g/mol. The molecule has 2 aromatic carbocycles. The molecular formula is C26H23Cl2N3O4S. The Balaban J connectivity index is 1.61. The van der Waals surface area contributed by atoms with E-state index in [0.717, 1.165) is 40.7 Å². The molecule has 10 heteroatoms. The van der Waals surface area contributed by atoms with Crippen molar-refractivity contribution >= 4 is 56.3 Å². The molecule has 0 radical (unpaired) electrons. The number of aromatic nitrogens is 2. The Morgan fingerprint density at radius 3 is 2.53 bits per heavy atom. The fourth-order valence-corrected chi connectivity index (χ4v) is 6.17. The molecule has 1 amide bonds. The normalized spacial score (nSPS) is 13.0. The summed E-state index contributed by atoms with van der Waals surface area (Å²) in [6.45, 7) is 2.20. The Morgan fingerprint density at radius 2 is 1.81 bits per heavy atom. The van der Waals surface area contributed by atoms with Crippen LogP contribution in [-0.4, -0.2) is 21.6 Å². The lowest BCUT2D eigenvalue weighted by atomic mass is 9.97. The summed E-state index contributed by atoms with van der Waals surface area (Å²) in [5.74, 6) is 0.319. The van der Waals surface area contributed by atoms with Crippen molar-refractivity contribution in [3.8, 4) is 11.4 Å². The molecule has 0 saturated heterocycles. The number of aryl methyl sites for hydroxylation is 2. The first-order valence-corrected chi connectivity index (χ1v) is 13.2. The van der Waals surface area contributed by atoms with E-state index in [4.69, 9.17) is 27.9 Å². The lowest BCUT2D eigenvalue weighted by Crippen LogP contribution is -2.40. The van der Waals surface area contributed by atoms with Crippen LogP contribution in [0.4, 0.5) is 5.69 Å². The van der Waals surface area contributed by atoms with Gasteiger partial charge in [-0.1, -0.05) is 23.2 Å². The highest BCUT2D eigenvalue weighted by Crippen LogP contribution is 2.34. The molecule has 0 bridgehead atoms. The van der Waals surface area contributed by atoms with E-state index in [2.05, 4.69) is 5.32 Å². The fourth-order valence-electron chi connectivity index (χ4n) is 4.50. The minimum absolute atomic E-state index is 0.229. The van der Waals surface area contributed by atoms with Crippen LogP contribution in [0.5, 0.6) is 5.75 Å². The first-order chi connectivity index (χ1) is 17.4. The number of carbonyl (C=O) groups excluding carboxylic acids is 1. The smallest absolute Gasteiger partial charge is 0.337 e. The average Bonchev–Trinajstić information content (AvgIpc) is 3.25. The van der Waals surface area contributed by atoms with E-state index < -0.39 is 11.2 Å². The van der Waals surface area contributed by atoms with Crippen LogP contribution in [0.1, 0.15) is 30.2 Å². The first kappa shape index (κ1) is 24.6. The van der Waals surface area contributed by atoms with Gasteiger partial charge in [-0.15, -0.1) is 11.3 Å². The van der Waals surface area contributed by atoms with Crippen LogP contribution in [0.15, 0.2) is 52.1 Å². The highest BCUT2D eigenvalue weighted by Gasteiger charge is 2.25. The molecule has 1 aliphatic rings. The van der Waals surface area contributed by atoms with Crippen LogP contribution in [0, 0.1) is 0 Å². The molecule has 2 heterocycles. The van der Waals surface area contributed by atoms with Crippen molar-refractivity contribution in [1.82, 2.24) is 9.13 Å². The molecule has 2 aromatic heterocycles. The van der Waals surface area contributed by atoms with Crippen LogP contribution < -0.4 is 21.3 Å². The minimum Gasteiger partial charge on any atom is -0.494 e. The fraction of sp³-hybridized carbons (Fsp3) is 0.269. The molecule has 0 spiro atoms. The highest BCUT2D eigenvalue weighted by atomic mass is 35.5. The zero-order chi connectivity index (χ0) is 25.4. The Labute approximate surface area is 220 Å². The zero-order valence-corrected chi connectivity index (χ0v) is 21.8. The third kappa shape index (κ3) is 4.56. The molecule has 1 N–H and O–H groups in total. The number of halogens is 2. The molecule has 0 saturated carbocycles. The summed E-state index contributed by atoms with van der Waals surface area (Å²) >= 11 is 13.7. The van der Waals surface area contributed by atoms with Gasteiger partial charge >= 0.3 is 5.69 Å². The van der Waals surface area contributed by atoms with E-state index >= 15 is 0 Å². The third-order valence-electron chi connectivity index (χ3n) is 6.15. The molecule has 0 fully saturated rings. The Hall–Kier alpha value is -3.07. The van der Waals surface area contributed by atoms with Gasteiger partial charge in [0.2, 0.25) is 5.91 Å². The summed E-state index contributed by atoms with van der Waals surface area (Å²) in [4.78, 5) is 42.0. The molecule has 4 aromatic rings. The molecule has 186 valence electrons. The van der Waals surface area contributed by atoms with Gasteiger partial charge in [0.1, 0.15) is 17.1 Å². The number of rotatable bonds is 6. The maximum absolute atomic E-state index is 13.7. The number of hydrogen-bond donors (Lipinski definition) is 1. The molecule has 0 atom stereocenters. The van der Waals surface area contributed by atoms with Gasteiger partial charge in [0.05, 0.1) is 27.7 Å². The van der Waals surface area contributed by atoms with Crippen molar-refractivity contribution in [3.05, 3.63) is 83.8 Å². The van der Waals surface area contributed by atoms with E-state index in [-0.39, 0.29) is 17.5 Å². The number of anilines is 1. The Bertz CT molecular complexity index is 1590. The summed E-state index contributed by atoms with van der Waals surface area (Å²) in [7, 11) is 0. The standard InChI is InChI=1S/C26H23Cl2N3O4S/c1-2-35-17-10-7-15(8-11-17)29-22(32)14-30-25-23(18-5-3-4-6-21(18)36-25)24(33)31(26(30)34)16-9-12-19(27)20(28)13-16/h7-13H,2-6,14H2,1H3,(H,29,32). The minimum atomic E-state index is -0.605. The molecule has 1 aliphatic carbocycles. The summed E-state index contributed by atoms with van der Waals surface area (Å²) in [6.07, 6.45) is 3.63. The van der Waals surface area contributed by atoms with Gasteiger partial charge in [-0.2, -0.15) is 0 Å². The number of hydrogen-bond acceptors (Lipinski definition) is 5. The SMILES string of the molecule is CCOc1ccc(NC(=O)Cn2c(=O)n(-c3ccc(Cl)c(Cl)c3)c(=O)c3c4c(sc32)CCCC4)cc1. The second-order valence-corrected chi connectivity index (χ2v) is 10.4. The van der Waals surface area contributed by atoms with Gasteiger partial charge in [0, 0.05) is 10.6 Å². The van der Waals surface area contributed by atoms with E-state index in [0.29, 0.717) is 39.0 Å². The number of amides is 1. The second-order valence-electron chi connectivity index (χ2n) is 8.50. The van der Waals surface area contributed by atoms with Gasteiger partial charge < -0.3 is 10.1 Å². The van der Waals surface area contributed by atoms with Crippen molar-refractivity contribution in [2.24, 2.45) is 0 Å². The van der Waals surface area contributed by atoms with Crippen LogP contribution in [0.2, 0.25) is 10.0 Å². The van der Waals surface area contributed by atoms with E-state index in [9.17, 15) is 14.4 Å². The molecule has 0 unspecified atom stereocenters. The second kappa shape index (κ2) is 10.1. The number of thiophene rings is 1. The first-order valence-electron chi connectivity index (χ1n) is 11.7. The van der Waals surface area contributed by atoms with Gasteiger partial charge in [0.15, 0.2) is 0 Å². The van der Waals surface area contributed by atoms with Gasteiger partial charge in [-0.25, -0.2) is 9.36 Å². The van der Waals surface area contributed by atoms with E-state index in [1.807, 2.05) is 6.92 Å². The third-order valence-corrected chi connectivity index (χ3v) is 8.20. The Kier molecular flexibility index (Phi) is 6.92. The van der Waals surface area contributed by atoms with Crippen molar-refractivity contribution < 1.29 is 9.53 Å². The maximum atomic E-state index is 13.7. The Morgan fingerprint density at radius 1 is 1.06 bits per heavy atom. The average molecular weight is 544 g/mol. The van der Waals surface area contributed by atoms with Crippen LogP contribution in [-0.2, 0) is 24.2 Å². The number of nitrogens with one attached hydrogen (secondary N) is 1. The molecular weight excluding hydrogens is 521 g/mol. The molecule has 36 heavy (non-hydrogen) atoms. The quantitative estimate of drug-likeness (QED) is 0.351. The van der Waals surface area contributed by atoms with Gasteiger partial charge in [0.25, 0.3) is 5.56 Å². The zero-order valence-electron chi connectivity index (χ0n) is 19.5. The van der Waals surface area contributed by atoms with E-state index in [1.165, 1.54) is 22.0 Å². The maximum Gasteiger partial charge on any atom is 0.337 e. The number of ether oxygens (including phenoxy) is 1. The number of nitrogens with zero attached hydrogens (tertiary/aromatic N) is 2. The molecule has 5 rings (SSSR count). The van der Waals surface area contributed by atoms with Crippen molar-refractivity contribution in [2.75, 3.05) is 11.9 Å². The van der Waals surface area contributed by atoms with Crippen LogP contribution in [0.25, 0.3) is 15.9 Å². The van der Waals surface area contributed by atoms with Gasteiger partial charge in [-0.3, -0.25) is 14.2 Å². The highest BCUT2D eigenvalue weighted by molar-refractivity contribution is 7.18. The lowest BCUT2D eigenvalue weighted by Gasteiger charge is -2.14. The summed E-state index contributed by atoms with van der Waals surface area (Å²) < 4.78 is 7.90. The van der Waals surface area contributed by atoms with Crippen molar-refractivity contribution in [3.63, 3.8) is 0 Å². The summed E-state index contributed by atoms with van der Waals surface area (Å²) in [6, 6.07) is 11.6. The summed E-state index contributed by atoms with van der Waals surface area (Å²) in [5, 5.41) is 3.87. The van der Waals surface area contributed by atoms with Crippen molar-refractivity contribution in [2.45, 2.75) is 39.2 Å². The number of fused-ring (bicyclic) bond motifs is 3. The molecule has 7 nitrogen and oxygen atoms in total. The van der Waals surface area contributed by atoms with Gasteiger partial charge in [-0.05, 0) is 80.6 Å². The number of benzene rings is 2. The van der Waals surface area contributed by atoms with Crippen LogP contribution >= 0.6 is 34.5 Å². The van der Waals surface area contributed by atoms with E-state index in [1.54, 1.807) is 36.4 Å². The topological polar surface area (TPSA) is 82.3 Å². The summed E-state index contributed by atoms with van der Waals surface area (Å²) in [5.41, 5.74) is 0.844. The predicted molar refractivity (Wildman–Crippen MR) is 145 cm³/mol. The number of carbonyl (C=O) groups is 1. The van der Waals surface area contributed by atoms with Crippen molar-refractivity contribution in [1.29, 1.82) is 0 Å². The largest absolute Gasteiger partial charge is 0.494 e. The lowest BCUT2D eigenvalue weighted by molar-refractivity contribution is -0.116. The van der Waals surface area contributed by atoms with Crippen LogP contribution in [0.3, 0.4) is 0 Å².